The molecule has 1 fully saturated rings. The van der Waals surface area contributed by atoms with E-state index in [2.05, 4.69) is 26.2 Å². The number of hydrogen-bond acceptors (Lipinski definition) is 2. The van der Waals surface area contributed by atoms with Crippen LogP contribution < -0.4 is 5.32 Å². The van der Waals surface area contributed by atoms with Crippen molar-refractivity contribution in [3.8, 4) is 0 Å². The minimum atomic E-state index is 0.462. The monoisotopic (exact) mass is 241 g/mol. The van der Waals surface area contributed by atoms with Gasteiger partial charge in [-0.05, 0) is 32.2 Å². The van der Waals surface area contributed by atoms with Crippen LogP contribution in [-0.2, 0) is 4.74 Å². The highest BCUT2D eigenvalue weighted by Crippen LogP contribution is 2.23. The zero-order chi connectivity index (χ0) is 12.5. The largest absolute Gasteiger partial charge is 0.376 e. The molecule has 0 heterocycles. The van der Waals surface area contributed by atoms with Gasteiger partial charge in [0.15, 0.2) is 0 Å². The van der Waals surface area contributed by atoms with Gasteiger partial charge in [0.1, 0.15) is 0 Å². The lowest BCUT2D eigenvalue weighted by Gasteiger charge is -2.32. The van der Waals surface area contributed by atoms with Crippen molar-refractivity contribution in [2.75, 3.05) is 13.7 Å². The van der Waals surface area contributed by atoms with E-state index in [1.165, 1.54) is 51.4 Å². The van der Waals surface area contributed by atoms with Crippen LogP contribution in [0.4, 0.5) is 0 Å². The van der Waals surface area contributed by atoms with E-state index in [-0.39, 0.29) is 0 Å². The fourth-order valence-corrected chi connectivity index (χ4v) is 2.78. The maximum atomic E-state index is 6.17. The smallest absolute Gasteiger partial charge is 0.0728 e. The first kappa shape index (κ1) is 15.0. The van der Waals surface area contributed by atoms with Gasteiger partial charge in [-0.1, -0.05) is 46.0 Å². The fraction of sp³-hybridized carbons (Fsp3) is 1.00. The van der Waals surface area contributed by atoms with Crippen molar-refractivity contribution in [1.82, 2.24) is 5.32 Å². The van der Waals surface area contributed by atoms with Crippen molar-refractivity contribution in [3.05, 3.63) is 0 Å². The quantitative estimate of drug-likeness (QED) is 0.699. The average Bonchev–Trinajstić information content (AvgIpc) is 2.39. The van der Waals surface area contributed by atoms with Crippen molar-refractivity contribution in [2.24, 2.45) is 5.92 Å². The van der Waals surface area contributed by atoms with E-state index in [9.17, 15) is 0 Å². The van der Waals surface area contributed by atoms with Crippen LogP contribution in [0.2, 0.25) is 0 Å². The average molecular weight is 241 g/mol. The summed E-state index contributed by atoms with van der Waals surface area (Å²) < 4.78 is 6.17. The van der Waals surface area contributed by atoms with Gasteiger partial charge in [0, 0.05) is 12.6 Å². The van der Waals surface area contributed by atoms with Crippen LogP contribution in [0.5, 0.6) is 0 Å². The number of rotatable bonds is 8. The first-order valence-electron chi connectivity index (χ1n) is 7.60. The maximum Gasteiger partial charge on any atom is 0.0728 e. The van der Waals surface area contributed by atoms with Crippen molar-refractivity contribution >= 4 is 0 Å². The molecule has 102 valence electrons. The second-order valence-corrected chi connectivity index (χ2v) is 5.47. The molecule has 0 amide bonds. The Balaban J connectivity index is 2.26. The molecule has 1 N–H and O–H groups in total. The normalized spacial score (nSPS) is 27.0. The summed E-state index contributed by atoms with van der Waals surface area (Å²) in [6.07, 6.45) is 10.9. The van der Waals surface area contributed by atoms with Crippen LogP contribution in [0, 0.1) is 5.92 Å². The third-order valence-corrected chi connectivity index (χ3v) is 4.16. The van der Waals surface area contributed by atoms with Crippen LogP contribution in [0.3, 0.4) is 0 Å². The molecule has 3 unspecified atom stereocenters. The molecule has 1 rings (SSSR count). The summed E-state index contributed by atoms with van der Waals surface area (Å²) in [7, 11) is 2.07. The Kier molecular flexibility index (Phi) is 7.87. The van der Waals surface area contributed by atoms with Gasteiger partial charge in [-0.2, -0.15) is 0 Å². The lowest BCUT2D eigenvalue weighted by molar-refractivity contribution is -0.0129. The molecule has 0 aromatic rings. The van der Waals surface area contributed by atoms with E-state index < -0.39 is 0 Å². The molecule has 1 saturated carbocycles. The molecular formula is C15H31NO. The van der Waals surface area contributed by atoms with Gasteiger partial charge in [-0.15, -0.1) is 0 Å². The van der Waals surface area contributed by atoms with Gasteiger partial charge < -0.3 is 10.1 Å². The summed E-state index contributed by atoms with van der Waals surface area (Å²) in [6, 6.07) is 0.590. The number of hydrogen-bond donors (Lipinski definition) is 1. The fourth-order valence-electron chi connectivity index (χ4n) is 2.78. The minimum absolute atomic E-state index is 0.462. The van der Waals surface area contributed by atoms with E-state index in [0.29, 0.717) is 12.1 Å². The lowest BCUT2D eigenvalue weighted by atomic mass is 9.92. The molecule has 3 atom stereocenters. The number of unbranched alkanes of at least 4 members (excludes halogenated alkanes) is 1. The second-order valence-electron chi connectivity index (χ2n) is 5.47. The van der Waals surface area contributed by atoms with Gasteiger partial charge in [0.05, 0.1) is 6.10 Å². The van der Waals surface area contributed by atoms with Gasteiger partial charge >= 0.3 is 0 Å². The first-order valence-corrected chi connectivity index (χ1v) is 7.60. The van der Waals surface area contributed by atoms with Gasteiger partial charge in [0.2, 0.25) is 0 Å². The summed E-state index contributed by atoms with van der Waals surface area (Å²) in [5.74, 6) is 0.773. The van der Waals surface area contributed by atoms with Gasteiger partial charge in [-0.25, -0.2) is 0 Å². The summed E-state index contributed by atoms with van der Waals surface area (Å²) >= 11 is 0. The molecule has 0 saturated heterocycles. The Morgan fingerprint density at radius 3 is 2.65 bits per heavy atom. The lowest BCUT2D eigenvalue weighted by Crippen LogP contribution is -2.42. The molecule has 0 aromatic carbocycles. The molecule has 17 heavy (non-hydrogen) atoms. The Bertz CT molecular complexity index is 184. The van der Waals surface area contributed by atoms with E-state index in [4.69, 9.17) is 4.74 Å². The third-order valence-electron chi connectivity index (χ3n) is 4.16. The number of likely N-dealkylation sites (N-methyl/N-ethyl adjacent to an activating group) is 1. The molecule has 2 heteroatoms. The Morgan fingerprint density at radius 1 is 1.24 bits per heavy atom. The number of ether oxygens (including phenoxy) is 1. The van der Waals surface area contributed by atoms with Gasteiger partial charge in [-0.3, -0.25) is 0 Å². The van der Waals surface area contributed by atoms with Crippen LogP contribution in [-0.4, -0.2) is 25.8 Å². The van der Waals surface area contributed by atoms with E-state index >= 15 is 0 Å². The standard InChI is InChI=1S/C15H31NO/c1-4-6-9-13(5-2)12-17-15-11-8-7-10-14(15)16-3/h13-16H,4-12H2,1-3H3. The summed E-state index contributed by atoms with van der Waals surface area (Å²) in [4.78, 5) is 0. The molecule has 0 aromatic heterocycles. The van der Waals surface area contributed by atoms with E-state index in [1.807, 2.05) is 0 Å². The Morgan fingerprint density at radius 2 is 2.00 bits per heavy atom. The molecule has 2 nitrogen and oxygen atoms in total. The van der Waals surface area contributed by atoms with Crippen molar-refractivity contribution in [2.45, 2.75) is 77.4 Å². The van der Waals surface area contributed by atoms with Crippen molar-refractivity contribution in [3.63, 3.8) is 0 Å². The molecule has 0 radical (unpaired) electrons. The topological polar surface area (TPSA) is 21.3 Å². The van der Waals surface area contributed by atoms with Gasteiger partial charge in [0.25, 0.3) is 0 Å². The molecule has 1 aliphatic carbocycles. The second kappa shape index (κ2) is 8.93. The highest BCUT2D eigenvalue weighted by Gasteiger charge is 2.24. The predicted octanol–water partition coefficient (Wildman–Crippen LogP) is 3.75. The van der Waals surface area contributed by atoms with Crippen LogP contribution in [0.1, 0.15) is 65.2 Å². The molecular weight excluding hydrogens is 210 g/mol. The molecule has 1 aliphatic rings. The summed E-state index contributed by atoms with van der Waals surface area (Å²) in [6.45, 7) is 5.53. The predicted molar refractivity (Wildman–Crippen MR) is 74.4 cm³/mol. The SMILES string of the molecule is CCCCC(CC)COC1CCCCC1NC. The van der Waals surface area contributed by atoms with Crippen molar-refractivity contribution in [1.29, 1.82) is 0 Å². The van der Waals surface area contributed by atoms with E-state index in [1.54, 1.807) is 0 Å². The number of nitrogens with one attached hydrogen (secondary N) is 1. The van der Waals surface area contributed by atoms with Crippen molar-refractivity contribution < 1.29 is 4.74 Å². The zero-order valence-corrected chi connectivity index (χ0v) is 12.0. The first-order chi connectivity index (χ1) is 8.31. The van der Waals surface area contributed by atoms with Crippen LogP contribution in [0.15, 0.2) is 0 Å². The minimum Gasteiger partial charge on any atom is -0.376 e. The molecule has 0 aliphatic heterocycles. The highest BCUT2D eigenvalue weighted by atomic mass is 16.5. The van der Waals surface area contributed by atoms with Crippen LogP contribution >= 0.6 is 0 Å². The maximum absolute atomic E-state index is 6.17. The Hall–Kier alpha value is -0.0800. The van der Waals surface area contributed by atoms with E-state index in [0.717, 1.165) is 12.5 Å². The van der Waals surface area contributed by atoms with Crippen LogP contribution in [0.25, 0.3) is 0 Å². The molecule has 0 bridgehead atoms. The zero-order valence-electron chi connectivity index (χ0n) is 12.0. The Labute approximate surface area is 108 Å². The third kappa shape index (κ3) is 5.39. The summed E-state index contributed by atoms with van der Waals surface area (Å²) in [5, 5.41) is 3.41. The summed E-state index contributed by atoms with van der Waals surface area (Å²) in [5.41, 5.74) is 0. The highest BCUT2D eigenvalue weighted by molar-refractivity contribution is 4.80. The molecule has 0 spiro atoms.